The number of rotatable bonds is 7. The van der Waals surface area contributed by atoms with E-state index < -0.39 is 58.2 Å². The number of phenols is 2. The molecule has 0 aromatic heterocycles. The van der Waals surface area contributed by atoms with E-state index in [4.69, 9.17) is 9.47 Å². The summed E-state index contributed by atoms with van der Waals surface area (Å²) in [6, 6.07) is 1.53. The summed E-state index contributed by atoms with van der Waals surface area (Å²) < 4.78 is 10.0. The number of aliphatic hydroxyl groups excluding tert-OH is 3. The van der Waals surface area contributed by atoms with E-state index in [-0.39, 0.29) is 19.8 Å². The summed E-state index contributed by atoms with van der Waals surface area (Å²) in [5.74, 6) is -2.46. The fourth-order valence-electron chi connectivity index (χ4n) is 2.28. The molecule has 1 fully saturated rings. The summed E-state index contributed by atoms with van der Waals surface area (Å²) in [5.41, 5.74) is -1.04. The molecule has 12 nitrogen and oxygen atoms in total. The van der Waals surface area contributed by atoms with E-state index in [2.05, 4.69) is 5.32 Å². The number of non-ortho nitro benzene ring substituents is 1. The highest BCUT2D eigenvalue weighted by Crippen LogP contribution is 2.33. The molecule has 0 bridgehead atoms. The molecule has 0 spiro atoms. The van der Waals surface area contributed by atoms with E-state index in [1.54, 1.807) is 0 Å². The normalized spacial score (nSPS) is 25.2. The van der Waals surface area contributed by atoms with Gasteiger partial charge in [-0.25, -0.2) is 0 Å². The van der Waals surface area contributed by atoms with Crippen LogP contribution < -0.4 is 5.32 Å². The summed E-state index contributed by atoms with van der Waals surface area (Å²) in [6.45, 7) is -0.268. The zero-order valence-corrected chi connectivity index (χ0v) is 13.3. The van der Waals surface area contributed by atoms with Crippen LogP contribution in [0.5, 0.6) is 11.5 Å². The van der Waals surface area contributed by atoms with Crippen LogP contribution in [0.4, 0.5) is 5.69 Å². The van der Waals surface area contributed by atoms with Crippen LogP contribution in [0.2, 0.25) is 0 Å². The standard InChI is InChI=1S/C14H18N2O10/c17-8-4-6(16(23)24)3-7(10(8)18)13(21)15-1-2-25-5-9-11(19)12(20)14(22)26-9/h3-4,9,11-12,14,17-20,22H,1-2,5H2,(H,15,21)/t9-,11-,12-,14?/m1/s1. The second-order valence-electron chi connectivity index (χ2n) is 5.50. The van der Waals surface area contributed by atoms with Crippen LogP contribution in [0.15, 0.2) is 12.1 Å². The van der Waals surface area contributed by atoms with Crippen LogP contribution in [0.3, 0.4) is 0 Å². The summed E-state index contributed by atoms with van der Waals surface area (Å²) in [7, 11) is 0. The maximum atomic E-state index is 12.0. The first-order valence-electron chi connectivity index (χ1n) is 7.48. The zero-order valence-electron chi connectivity index (χ0n) is 13.3. The van der Waals surface area contributed by atoms with Gasteiger partial charge in [0.25, 0.3) is 11.6 Å². The first kappa shape index (κ1) is 19.8. The molecule has 1 unspecified atom stereocenters. The number of benzene rings is 1. The van der Waals surface area contributed by atoms with Crippen molar-refractivity contribution in [3.63, 3.8) is 0 Å². The Kier molecular flexibility index (Phi) is 6.28. The third-order valence-corrected chi connectivity index (χ3v) is 3.68. The van der Waals surface area contributed by atoms with Gasteiger partial charge in [-0.05, 0) is 0 Å². The Labute approximate surface area is 146 Å². The molecular formula is C14H18N2O10. The second-order valence-corrected chi connectivity index (χ2v) is 5.50. The lowest BCUT2D eigenvalue weighted by atomic mass is 10.1. The van der Waals surface area contributed by atoms with E-state index in [9.17, 15) is 40.4 Å². The predicted molar refractivity (Wildman–Crippen MR) is 82.5 cm³/mol. The van der Waals surface area contributed by atoms with Crippen molar-refractivity contribution in [1.29, 1.82) is 0 Å². The number of ether oxygens (including phenoxy) is 2. The molecule has 6 N–H and O–H groups in total. The van der Waals surface area contributed by atoms with Crippen molar-refractivity contribution < 1.29 is 44.7 Å². The van der Waals surface area contributed by atoms with Crippen LogP contribution in [-0.2, 0) is 9.47 Å². The SMILES string of the molecule is O=C(NCCOC[C@H]1OC(O)[C@H](O)[C@@H]1O)c1cc([N+](=O)[O-])cc(O)c1O. The molecule has 0 radical (unpaired) electrons. The zero-order chi connectivity index (χ0) is 19.4. The molecule has 26 heavy (non-hydrogen) atoms. The number of hydrogen-bond acceptors (Lipinski definition) is 10. The minimum atomic E-state index is -1.51. The smallest absolute Gasteiger partial charge is 0.274 e. The van der Waals surface area contributed by atoms with Crippen molar-refractivity contribution in [2.24, 2.45) is 0 Å². The average Bonchev–Trinajstić information content (AvgIpc) is 2.83. The topological polar surface area (TPSA) is 192 Å². The quantitative estimate of drug-likeness (QED) is 0.137. The molecule has 1 aliphatic rings. The van der Waals surface area contributed by atoms with Gasteiger partial charge in [0.05, 0.1) is 29.8 Å². The number of nitrogens with zero attached hydrogens (tertiary/aromatic N) is 1. The third-order valence-electron chi connectivity index (χ3n) is 3.68. The maximum Gasteiger partial charge on any atom is 0.274 e. The van der Waals surface area contributed by atoms with Crippen LogP contribution in [0, 0.1) is 10.1 Å². The Balaban J connectivity index is 1.82. The molecular weight excluding hydrogens is 356 g/mol. The molecule has 1 amide bonds. The van der Waals surface area contributed by atoms with Gasteiger partial charge >= 0.3 is 0 Å². The third kappa shape index (κ3) is 4.36. The number of carbonyl (C=O) groups is 1. The number of hydrogen-bond donors (Lipinski definition) is 6. The molecule has 1 aliphatic heterocycles. The van der Waals surface area contributed by atoms with E-state index in [0.717, 1.165) is 6.07 Å². The van der Waals surface area contributed by atoms with Crippen LogP contribution in [-0.4, -0.2) is 80.7 Å². The molecule has 1 aromatic rings. The molecule has 144 valence electrons. The van der Waals surface area contributed by atoms with Crippen molar-refractivity contribution in [1.82, 2.24) is 5.32 Å². The van der Waals surface area contributed by atoms with Gasteiger partial charge in [0.1, 0.15) is 18.3 Å². The Hall–Kier alpha value is -2.51. The first-order chi connectivity index (χ1) is 12.2. The van der Waals surface area contributed by atoms with Gasteiger partial charge < -0.3 is 40.3 Å². The fraction of sp³-hybridized carbons (Fsp3) is 0.500. The Bertz CT molecular complexity index is 682. The first-order valence-corrected chi connectivity index (χ1v) is 7.48. The predicted octanol–water partition coefficient (Wildman–Crippen LogP) is -1.81. The van der Waals surface area contributed by atoms with Crippen molar-refractivity contribution in [2.45, 2.75) is 24.6 Å². The van der Waals surface area contributed by atoms with Crippen molar-refractivity contribution in [3.8, 4) is 11.5 Å². The number of nitro benzene ring substituents is 1. The average molecular weight is 374 g/mol. The van der Waals surface area contributed by atoms with E-state index in [1.807, 2.05) is 0 Å². The number of carbonyl (C=O) groups excluding carboxylic acids is 1. The number of amides is 1. The van der Waals surface area contributed by atoms with E-state index >= 15 is 0 Å². The van der Waals surface area contributed by atoms with Gasteiger partial charge in [-0.3, -0.25) is 14.9 Å². The van der Waals surface area contributed by atoms with Gasteiger partial charge in [0, 0.05) is 12.6 Å². The second kappa shape index (κ2) is 8.25. The van der Waals surface area contributed by atoms with Crippen molar-refractivity contribution >= 4 is 11.6 Å². The minimum Gasteiger partial charge on any atom is -0.504 e. The molecule has 1 aromatic carbocycles. The van der Waals surface area contributed by atoms with Gasteiger partial charge in [-0.1, -0.05) is 0 Å². The summed E-state index contributed by atoms with van der Waals surface area (Å²) in [5, 5.41) is 60.2. The Morgan fingerprint density at radius 3 is 2.54 bits per heavy atom. The largest absolute Gasteiger partial charge is 0.504 e. The Morgan fingerprint density at radius 1 is 1.27 bits per heavy atom. The molecule has 0 aliphatic carbocycles. The molecule has 1 saturated heterocycles. The maximum absolute atomic E-state index is 12.0. The molecule has 4 atom stereocenters. The van der Waals surface area contributed by atoms with Crippen LogP contribution in [0.1, 0.15) is 10.4 Å². The molecule has 1 heterocycles. The van der Waals surface area contributed by atoms with Crippen molar-refractivity contribution in [2.75, 3.05) is 19.8 Å². The van der Waals surface area contributed by atoms with Crippen LogP contribution >= 0.6 is 0 Å². The molecule has 0 saturated carbocycles. The van der Waals surface area contributed by atoms with Gasteiger partial charge in [-0.15, -0.1) is 0 Å². The van der Waals surface area contributed by atoms with Gasteiger partial charge in [0.2, 0.25) is 0 Å². The summed E-state index contributed by atoms with van der Waals surface area (Å²) in [6.07, 6.45) is -5.20. The molecule has 12 heteroatoms. The van der Waals surface area contributed by atoms with Crippen molar-refractivity contribution in [3.05, 3.63) is 27.8 Å². The number of aromatic hydroxyl groups is 2. The fourth-order valence-corrected chi connectivity index (χ4v) is 2.28. The monoisotopic (exact) mass is 374 g/mol. The highest BCUT2D eigenvalue weighted by Gasteiger charge is 2.41. The lowest BCUT2D eigenvalue weighted by Crippen LogP contribution is -2.35. The van der Waals surface area contributed by atoms with Crippen LogP contribution in [0.25, 0.3) is 0 Å². The summed E-state index contributed by atoms with van der Waals surface area (Å²) >= 11 is 0. The lowest BCUT2D eigenvalue weighted by molar-refractivity contribution is -0.385. The highest BCUT2D eigenvalue weighted by molar-refractivity contribution is 5.98. The van der Waals surface area contributed by atoms with E-state index in [1.165, 1.54) is 0 Å². The lowest BCUT2D eigenvalue weighted by Gasteiger charge is -2.14. The number of aliphatic hydroxyl groups is 3. The number of nitrogens with one attached hydrogen (secondary N) is 1. The minimum absolute atomic E-state index is 0.0494. The Morgan fingerprint density at radius 2 is 1.96 bits per heavy atom. The number of nitro groups is 1. The van der Waals surface area contributed by atoms with Gasteiger partial charge in [0.15, 0.2) is 17.8 Å². The molecule has 2 rings (SSSR count). The summed E-state index contributed by atoms with van der Waals surface area (Å²) in [4.78, 5) is 21.9. The van der Waals surface area contributed by atoms with E-state index in [0.29, 0.717) is 6.07 Å². The number of phenolic OH excluding ortho intramolecular Hbond substituents is 2. The van der Waals surface area contributed by atoms with Gasteiger partial charge in [-0.2, -0.15) is 0 Å². The highest BCUT2D eigenvalue weighted by atomic mass is 16.7.